The second kappa shape index (κ2) is 22.7. The van der Waals surface area contributed by atoms with Crippen molar-refractivity contribution >= 4 is 37.1 Å². The summed E-state index contributed by atoms with van der Waals surface area (Å²) in [6.45, 7) is 23.3. The Bertz CT molecular complexity index is 1900. The molecule has 0 saturated carbocycles. The summed E-state index contributed by atoms with van der Waals surface area (Å²) in [5.74, 6) is 0.0611. The van der Waals surface area contributed by atoms with E-state index in [9.17, 15) is 8.42 Å². The van der Waals surface area contributed by atoms with E-state index in [1.165, 1.54) is 10.4 Å². The van der Waals surface area contributed by atoms with Gasteiger partial charge in [-0.2, -0.15) is 8.42 Å². The average Bonchev–Trinajstić information content (AvgIpc) is 3.62. The van der Waals surface area contributed by atoms with Crippen LogP contribution >= 0.6 is 0 Å². The van der Waals surface area contributed by atoms with Crippen molar-refractivity contribution in [3.63, 3.8) is 0 Å². The van der Waals surface area contributed by atoms with Gasteiger partial charge in [-0.3, -0.25) is 4.18 Å². The summed E-state index contributed by atoms with van der Waals surface area (Å²) in [5, 5.41) is 2.16. The zero-order chi connectivity index (χ0) is 45.9. The Kier molecular flexibility index (Phi) is 18.5. The summed E-state index contributed by atoms with van der Waals surface area (Å²) in [4.78, 5) is 0. The Balaban J connectivity index is 1.39. The lowest BCUT2D eigenvalue weighted by atomic mass is 9.92. The van der Waals surface area contributed by atoms with Crippen LogP contribution < -0.4 is 15.1 Å². The highest BCUT2D eigenvalue weighted by Crippen LogP contribution is 2.41. The van der Waals surface area contributed by atoms with Crippen molar-refractivity contribution in [1.82, 2.24) is 0 Å². The Morgan fingerprint density at radius 1 is 0.857 bits per heavy atom. The topological polar surface area (TPSA) is 108 Å². The van der Waals surface area contributed by atoms with Gasteiger partial charge in [0.1, 0.15) is 11.9 Å². The monoisotopic (exact) mass is 924 g/mol. The van der Waals surface area contributed by atoms with E-state index in [1.54, 1.807) is 7.11 Å². The van der Waals surface area contributed by atoms with Crippen molar-refractivity contribution in [1.29, 1.82) is 0 Å². The number of hydrogen-bond donors (Lipinski definition) is 0. The van der Waals surface area contributed by atoms with Crippen LogP contribution in [0.25, 0.3) is 0 Å². The minimum absolute atomic E-state index is 0.124. The van der Waals surface area contributed by atoms with Crippen LogP contribution in [0.2, 0.25) is 23.2 Å². The highest BCUT2D eigenvalue weighted by Gasteiger charge is 2.53. The van der Waals surface area contributed by atoms with Crippen LogP contribution in [0.15, 0.2) is 97.1 Å². The molecule has 6 atom stereocenters. The van der Waals surface area contributed by atoms with Crippen molar-refractivity contribution in [3.8, 4) is 5.75 Å². The Morgan fingerprint density at radius 2 is 1.44 bits per heavy atom. The van der Waals surface area contributed by atoms with Gasteiger partial charge in [-0.05, 0) is 90.8 Å². The maximum absolute atomic E-state index is 12.9. The second-order valence-electron chi connectivity index (χ2n) is 19.0. The number of methoxy groups -OCH3 is 1. The number of hydrogen-bond acceptors (Lipinski definition) is 10. The molecule has 2 aliphatic heterocycles. The van der Waals surface area contributed by atoms with Gasteiger partial charge in [-0.25, -0.2) is 0 Å². The first kappa shape index (κ1) is 51.3. The van der Waals surface area contributed by atoms with E-state index in [0.717, 1.165) is 41.3 Å². The molecule has 2 fully saturated rings. The quantitative estimate of drug-likeness (QED) is 0.0373. The highest BCUT2D eigenvalue weighted by molar-refractivity contribution is 7.86. The number of benzene rings is 3. The van der Waals surface area contributed by atoms with E-state index in [2.05, 4.69) is 96.7 Å². The van der Waals surface area contributed by atoms with E-state index in [-0.39, 0.29) is 29.5 Å². The molecule has 63 heavy (non-hydrogen) atoms. The molecule has 0 radical (unpaired) electrons. The van der Waals surface area contributed by atoms with Gasteiger partial charge in [0.05, 0.1) is 57.1 Å². The molecule has 0 aliphatic carbocycles. The van der Waals surface area contributed by atoms with Crippen LogP contribution in [-0.2, 0) is 48.7 Å². The molecule has 13 heteroatoms. The Morgan fingerprint density at radius 3 is 1.95 bits per heavy atom. The van der Waals surface area contributed by atoms with Gasteiger partial charge in [0.2, 0.25) is 0 Å². The van der Waals surface area contributed by atoms with Crippen molar-refractivity contribution in [2.45, 2.75) is 166 Å². The molecule has 3 aromatic carbocycles. The van der Waals surface area contributed by atoms with Crippen molar-refractivity contribution < 1.29 is 45.1 Å². The van der Waals surface area contributed by atoms with Gasteiger partial charge in [0.25, 0.3) is 18.4 Å². The predicted molar refractivity (Wildman–Crippen MR) is 257 cm³/mol. The lowest BCUT2D eigenvalue weighted by Crippen LogP contribution is -2.68. The molecule has 0 aromatic heterocycles. The Hall–Kier alpha value is -2.70. The normalized spacial score (nSPS) is 21.8. The van der Waals surface area contributed by atoms with Crippen LogP contribution in [0.3, 0.4) is 0 Å². The summed E-state index contributed by atoms with van der Waals surface area (Å²) in [7, 11) is -7.13. The third-order valence-corrected chi connectivity index (χ3v) is 23.2. The van der Waals surface area contributed by atoms with Crippen LogP contribution in [-0.4, -0.2) is 94.0 Å². The molecule has 0 spiro atoms. The summed E-state index contributed by atoms with van der Waals surface area (Å²) < 4.78 is 77.5. The third-order valence-electron chi connectivity index (χ3n) is 12.8. The minimum Gasteiger partial charge on any atom is -0.497 e. The van der Waals surface area contributed by atoms with Gasteiger partial charge in [-0.15, -0.1) is 0 Å². The van der Waals surface area contributed by atoms with Gasteiger partial charge in [0.15, 0.2) is 14.1 Å². The van der Waals surface area contributed by atoms with Crippen molar-refractivity contribution in [2.24, 2.45) is 0 Å². The number of ether oxygens (including phenoxy) is 5. The molecule has 10 nitrogen and oxygen atoms in total. The van der Waals surface area contributed by atoms with Crippen molar-refractivity contribution in [3.05, 3.63) is 103 Å². The predicted octanol–water partition coefficient (Wildman–Crippen LogP) is 9.71. The standard InChI is InChI=1S/C50H76O10SSi2/c1-12-62(13-2,14-3)59-41(29-30-54-36-39-25-27-40(53-10)28-26-39)31-38(4)32-43(58-61(11,51)52)33-42-34-44(35-47(56-42)48-37-55-50(8,9)57-48)60-63(49(5,6)7,45-21-17-15-18-22-45)46-23-19-16-20-24-46/h15-28,41-44,47-48H,4,12-14,29-37H2,1-3,5-11H3/t41-,42+,43-,44+,47+,48-/m0/s1. The fourth-order valence-electron chi connectivity index (χ4n) is 9.44. The van der Waals surface area contributed by atoms with E-state index in [4.69, 9.17) is 36.7 Å². The summed E-state index contributed by atoms with van der Waals surface area (Å²) in [5.41, 5.74) is 1.94. The van der Waals surface area contributed by atoms with Gasteiger partial charge < -0.3 is 32.5 Å². The van der Waals surface area contributed by atoms with Crippen LogP contribution in [0, 0.1) is 0 Å². The average molecular weight is 925 g/mol. The Labute approximate surface area is 381 Å². The fourth-order valence-corrected chi connectivity index (χ4v) is 17.7. The lowest BCUT2D eigenvalue weighted by Gasteiger charge is -2.48. The molecule has 2 saturated heterocycles. The first-order chi connectivity index (χ1) is 29.8. The van der Waals surface area contributed by atoms with E-state index >= 15 is 0 Å². The fraction of sp³-hybridized carbons (Fsp3) is 0.600. The molecule has 0 amide bonds. The maximum atomic E-state index is 12.9. The highest BCUT2D eigenvalue weighted by atomic mass is 32.2. The molecule has 0 N–H and O–H groups in total. The molecule has 5 rings (SSSR count). The lowest BCUT2D eigenvalue weighted by molar-refractivity contribution is -0.182. The van der Waals surface area contributed by atoms with E-state index < -0.39 is 44.7 Å². The number of rotatable bonds is 24. The zero-order valence-electron chi connectivity index (χ0n) is 39.7. The largest absolute Gasteiger partial charge is 0.497 e. The first-order valence-electron chi connectivity index (χ1n) is 23.0. The molecular weight excluding hydrogens is 849 g/mol. The summed E-state index contributed by atoms with van der Waals surface area (Å²) in [6.07, 6.45) is 2.09. The maximum Gasteiger partial charge on any atom is 0.264 e. The minimum atomic E-state index is -3.83. The summed E-state index contributed by atoms with van der Waals surface area (Å²) in [6, 6.07) is 32.2. The van der Waals surface area contributed by atoms with Gasteiger partial charge in [0, 0.05) is 19.4 Å². The van der Waals surface area contributed by atoms with E-state index in [1.807, 2.05) is 50.2 Å². The molecule has 350 valence electrons. The zero-order valence-corrected chi connectivity index (χ0v) is 42.5. The summed E-state index contributed by atoms with van der Waals surface area (Å²) >= 11 is 0. The smallest absolute Gasteiger partial charge is 0.264 e. The van der Waals surface area contributed by atoms with Crippen LogP contribution in [0.4, 0.5) is 0 Å². The van der Waals surface area contributed by atoms with Crippen molar-refractivity contribution in [2.75, 3.05) is 26.6 Å². The third kappa shape index (κ3) is 14.4. The van der Waals surface area contributed by atoms with Gasteiger partial charge >= 0.3 is 0 Å². The first-order valence-corrected chi connectivity index (χ1v) is 29.3. The van der Waals surface area contributed by atoms with E-state index in [0.29, 0.717) is 58.3 Å². The van der Waals surface area contributed by atoms with Crippen LogP contribution in [0.1, 0.15) is 99.5 Å². The SMILES string of the molecule is C=C(C[C@H](CCOCc1ccc(OC)cc1)O[Si](CC)(CC)CC)C[C@@H](C[C@@H]1C[C@@H](O[Si](c2ccccc2)(c2ccccc2)C(C)(C)C)C[C@H]([C@@H]2COC(C)(C)O2)O1)OS(C)(=O)=O. The van der Waals surface area contributed by atoms with Gasteiger partial charge in [-0.1, -0.05) is 126 Å². The molecular formula is C50H76O10SSi2. The second-order valence-corrected chi connectivity index (χ2v) is 29.6. The molecule has 2 aliphatic rings. The molecule has 0 bridgehead atoms. The molecule has 2 heterocycles. The van der Waals surface area contributed by atoms with Crippen LogP contribution in [0.5, 0.6) is 5.75 Å². The molecule has 3 aromatic rings. The molecule has 0 unspecified atom stereocenters.